The largest absolute Gasteiger partial charge is 0.495 e. The summed E-state index contributed by atoms with van der Waals surface area (Å²) in [5, 5.41) is 0. The van der Waals surface area contributed by atoms with Crippen molar-refractivity contribution in [3.05, 3.63) is 28.8 Å². The Bertz CT molecular complexity index is 464. The van der Waals surface area contributed by atoms with Crippen LogP contribution in [0.4, 0.5) is 0 Å². The molecule has 0 aromatic heterocycles. The first-order chi connectivity index (χ1) is 7.58. The lowest BCUT2D eigenvalue weighted by atomic mass is 10.0. The fourth-order valence-corrected chi connectivity index (χ4v) is 1.41. The highest BCUT2D eigenvalue weighted by atomic mass is 16.5. The Morgan fingerprint density at radius 1 is 1.25 bits per heavy atom. The standard InChI is InChI=1S/C13H14O3/c1-9-7-10(2)11(12(8-9)15-3)5-6-13(14)16-4/h7-8H,1-4H3. The molecule has 0 aliphatic heterocycles. The van der Waals surface area contributed by atoms with Crippen LogP contribution in [0.15, 0.2) is 12.1 Å². The molecule has 0 heterocycles. The Morgan fingerprint density at radius 2 is 1.94 bits per heavy atom. The van der Waals surface area contributed by atoms with Crippen LogP contribution in [0.2, 0.25) is 0 Å². The van der Waals surface area contributed by atoms with Crippen molar-refractivity contribution in [2.45, 2.75) is 13.8 Å². The van der Waals surface area contributed by atoms with Gasteiger partial charge in [0.25, 0.3) is 0 Å². The average molecular weight is 218 g/mol. The van der Waals surface area contributed by atoms with E-state index >= 15 is 0 Å². The minimum absolute atomic E-state index is 0.554. The predicted octanol–water partition coefficient (Wildman–Crippen LogP) is 1.84. The Labute approximate surface area is 95.4 Å². The van der Waals surface area contributed by atoms with Crippen molar-refractivity contribution < 1.29 is 14.3 Å². The first kappa shape index (κ1) is 12.1. The summed E-state index contributed by atoms with van der Waals surface area (Å²) in [4.78, 5) is 10.9. The lowest BCUT2D eigenvalue weighted by Gasteiger charge is -2.07. The minimum Gasteiger partial charge on any atom is -0.495 e. The molecule has 16 heavy (non-hydrogen) atoms. The molecular weight excluding hydrogens is 204 g/mol. The normalized spacial score (nSPS) is 9.00. The number of esters is 1. The number of rotatable bonds is 1. The molecule has 0 radical (unpaired) electrons. The third-order valence-corrected chi connectivity index (χ3v) is 2.14. The first-order valence-electron chi connectivity index (χ1n) is 4.83. The average Bonchev–Trinajstić information content (AvgIpc) is 2.26. The smallest absolute Gasteiger partial charge is 0.384 e. The highest BCUT2D eigenvalue weighted by Gasteiger charge is 2.05. The molecule has 1 aromatic rings. The van der Waals surface area contributed by atoms with E-state index in [1.165, 1.54) is 7.11 Å². The van der Waals surface area contributed by atoms with Crippen LogP contribution in [0.5, 0.6) is 5.75 Å². The van der Waals surface area contributed by atoms with Crippen molar-refractivity contribution in [2.24, 2.45) is 0 Å². The van der Waals surface area contributed by atoms with Crippen molar-refractivity contribution in [3.63, 3.8) is 0 Å². The van der Waals surface area contributed by atoms with E-state index in [-0.39, 0.29) is 0 Å². The molecule has 1 rings (SSSR count). The number of aryl methyl sites for hydroxylation is 2. The molecule has 0 aliphatic carbocycles. The van der Waals surface area contributed by atoms with Crippen molar-refractivity contribution in [2.75, 3.05) is 14.2 Å². The van der Waals surface area contributed by atoms with E-state index in [0.29, 0.717) is 5.75 Å². The number of benzene rings is 1. The Hall–Kier alpha value is -1.95. The lowest BCUT2D eigenvalue weighted by molar-refractivity contribution is -0.133. The lowest BCUT2D eigenvalue weighted by Crippen LogP contribution is -1.96. The molecular formula is C13H14O3. The number of hydrogen-bond donors (Lipinski definition) is 0. The van der Waals surface area contributed by atoms with E-state index in [4.69, 9.17) is 4.74 Å². The molecule has 0 saturated carbocycles. The van der Waals surface area contributed by atoms with Crippen LogP contribution in [0.1, 0.15) is 16.7 Å². The predicted molar refractivity (Wildman–Crippen MR) is 61.4 cm³/mol. The van der Waals surface area contributed by atoms with Gasteiger partial charge in [-0.1, -0.05) is 12.0 Å². The number of methoxy groups -OCH3 is 2. The molecule has 0 fully saturated rings. The summed E-state index contributed by atoms with van der Waals surface area (Å²) in [6.45, 7) is 3.91. The van der Waals surface area contributed by atoms with Gasteiger partial charge < -0.3 is 9.47 Å². The topological polar surface area (TPSA) is 35.5 Å². The zero-order valence-corrected chi connectivity index (χ0v) is 9.88. The monoisotopic (exact) mass is 218 g/mol. The van der Waals surface area contributed by atoms with Crippen LogP contribution in [0.3, 0.4) is 0 Å². The van der Waals surface area contributed by atoms with Crippen LogP contribution in [0, 0.1) is 25.7 Å². The SMILES string of the molecule is COC(=O)C#Cc1c(C)cc(C)cc1OC. The van der Waals surface area contributed by atoms with Crippen LogP contribution < -0.4 is 4.74 Å². The Balaban J connectivity index is 3.20. The minimum atomic E-state index is -0.554. The Kier molecular flexibility index (Phi) is 3.96. The van der Waals surface area contributed by atoms with E-state index in [1.807, 2.05) is 26.0 Å². The van der Waals surface area contributed by atoms with E-state index < -0.39 is 5.97 Å². The number of hydrogen-bond acceptors (Lipinski definition) is 3. The summed E-state index contributed by atoms with van der Waals surface area (Å²) in [6.07, 6.45) is 0. The molecule has 0 N–H and O–H groups in total. The van der Waals surface area contributed by atoms with Gasteiger partial charge in [-0.25, -0.2) is 4.79 Å². The number of ether oxygens (including phenoxy) is 2. The molecule has 0 amide bonds. The van der Waals surface area contributed by atoms with Crippen LogP contribution in [-0.2, 0) is 9.53 Å². The van der Waals surface area contributed by atoms with Crippen molar-refractivity contribution in [1.82, 2.24) is 0 Å². The zero-order chi connectivity index (χ0) is 12.1. The highest BCUT2D eigenvalue weighted by molar-refractivity contribution is 5.89. The summed E-state index contributed by atoms with van der Waals surface area (Å²) in [5.41, 5.74) is 2.80. The molecule has 0 aliphatic rings. The number of carbonyl (C=O) groups excluding carboxylic acids is 1. The van der Waals surface area contributed by atoms with Gasteiger partial charge in [0.1, 0.15) is 5.75 Å². The second kappa shape index (κ2) is 5.22. The third kappa shape index (κ3) is 2.77. The molecule has 0 bridgehead atoms. The van der Waals surface area contributed by atoms with Crippen LogP contribution >= 0.6 is 0 Å². The highest BCUT2D eigenvalue weighted by Crippen LogP contribution is 2.22. The maximum absolute atomic E-state index is 10.9. The van der Waals surface area contributed by atoms with Gasteiger partial charge in [0, 0.05) is 5.92 Å². The van der Waals surface area contributed by atoms with E-state index in [0.717, 1.165) is 16.7 Å². The molecule has 3 nitrogen and oxygen atoms in total. The van der Waals surface area contributed by atoms with E-state index in [1.54, 1.807) is 7.11 Å². The molecule has 1 aromatic carbocycles. The van der Waals surface area contributed by atoms with Gasteiger partial charge >= 0.3 is 5.97 Å². The van der Waals surface area contributed by atoms with Crippen LogP contribution in [0.25, 0.3) is 0 Å². The molecule has 0 unspecified atom stereocenters. The van der Waals surface area contributed by atoms with Gasteiger partial charge in [-0.05, 0) is 31.0 Å². The maximum Gasteiger partial charge on any atom is 0.384 e. The second-order valence-corrected chi connectivity index (χ2v) is 3.40. The van der Waals surface area contributed by atoms with Gasteiger partial charge in [-0.15, -0.1) is 0 Å². The summed E-state index contributed by atoms with van der Waals surface area (Å²) in [7, 11) is 2.88. The fraction of sp³-hybridized carbons (Fsp3) is 0.308. The third-order valence-electron chi connectivity index (χ3n) is 2.14. The quantitative estimate of drug-likeness (QED) is 0.533. The Morgan fingerprint density at radius 3 is 2.50 bits per heavy atom. The maximum atomic E-state index is 10.9. The molecule has 0 atom stereocenters. The van der Waals surface area contributed by atoms with Crippen molar-refractivity contribution >= 4 is 5.97 Å². The van der Waals surface area contributed by atoms with E-state index in [9.17, 15) is 4.79 Å². The first-order valence-corrected chi connectivity index (χ1v) is 4.83. The van der Waals surface area contributed by atoms with Crippen molar-refractivity contribution in [1.29, 1.82) is 0 Å². The molecule has 0 spiro atoms. The molecule has 3 heteroatoms. The summed E-state index contributed by atoms with van der Waals surface area (Å²) >= 11 is 0. The van der Waals surface area contributed by atoms with Crippen molar-refractivity contribution in [3.8, 4) is 17.6 Å². The fourth-order valence-electron chi connectivity index (χ4n) is 1.41. The van der Waals surface area contributed by atoms with Gasteiger partial charge in [-0.3, -0.25) is 0 Å². The van der Waals surface area contributed by atoms with Gasteiger partial charge in [0.15, 0.2) is 0 Å². The van der Waals surface area contributed by atoms with Gasteiger partial charge in [0.05, 0.1) is 19.8 Å². The van der Waals surface area contributed by atoms with E-state index in [2.05, 4.69) is 16.6 Å². The summed E-state index contributed by atoms with van der Waals surface area (Å²) in [5.74, 6) is 5.27. The van der Waals surface area contributed by atoms with Crippen LogP contribution in [-0.4, -0.2) is 20.2 Å². The zero-order valence-electron chi connectivity index (χ0n) is 9.88. The molecule has 0 saturated heterocycles. The second-order valence-electron chi connectivity index (χ2n) is 3.40. The number of carbonyl (C=O) groups is 1. The summed E-state index contributed by atoms with van der Waals surface area (Å²) < 4.78 is 9.67. The summed E-state index contributed by atoms with van der Waals surface area (Å²) in [6, 6.07) is 3.87. The molecule has 84 valence electrons. The van der Waals surface area contributed by atoms with Gasteiger partial charge in [-0.2, -0.15) is 0 Å². The van der Waals surface area contributed by atoms with Gasteiger partial charge in [0.2, 0.25) is 0 Å².